The number of aromatic nitrogens is 6. The number of nitrogens with zero attached hydrogens (tertiary/aromatic N) is 8. The van der Waals surface area contributed by atoms with Crippen LogP contribution in [0.2, 0.25) is 0 Å². The fraction of sp³-hybridized carbons (Fsp3) is 0.448. The molecule has 0 aliphatic carbocycles. The van der Waals surface area contributed by atoms with Gasteiger partial charge in [0.05, 0.1) is 44.5 Å². The van der Waals surface area contributed by atoms with Crippen molar-refractivity contribution in [2.24, 2.45) is 5.16 Å². The fourth-order valence-electron chi connectivity index (χ4n) is 6.25. The normalized spacial score (nSPS) is 20.2. The number of nitrogens with one attached hydrogen (secondary N) is 3. The highest BCUT2D eigenvalue weighted by atomic mass is 32.2. The maximum atomic E-state index is 14.4. The van der Waals surface area contributed by atoms with E-state index in [1.807, 2.05) is 0 Å². The topological polar surface area (TPSA) is 273 Å². The number of carbonyl (C=O) groups excluding carboxylic acids is 4. The fourth-order valence-corrected chi connectivity index (χ4v) is 8.02. The smallest absolute Gasteiger partial charge is 0.349 e. The molecule has 52 heavy (non-hydrogen) atoms. The SMILES string of the molecule is COC(=O)C(C)O/N=C(\C(=O)N[C@@H]1C(=O)N2C(c3nn[nH]n3)=C(C[N+]3(CCNC(=O)c4ccc(O)c(O)c4F)CCCC3)CS[C@H]12)c1nsc(N)n1. The highest BCUT2D eigenvalue weighted by Crippen LogP contribution is 2.44. The molecule has 2 fully saturated rings. The molecule has 3 aliphatic rings. The summed E-state index contributed by atoms with van der Waals surface area (Å²) in [5.74, 6) is -5.16. The molecular weight excluding hydrogens is 728 g/mol. The second-order valence-electron chi connectivity index (χ2n) is 12.1. The Bertz CT molecular complexity index is 1930. The van der Waals surface area contributed by atoms with Crippen molar-refractivity contribution < 1.29 is 47.8 Å². The Balaban J connectivity index is 1.19. The van der Waals surface area contributed by atoms with Gasteiger partial charge in [-0.25, -0.2) is 9.18 Å². The number of thioether (sulfide) groups is 1. The van der Waals surface area contributed by atoms with E-state index in [9.17, 15) is 33.8 Å². The number of methoxy groups -OCH3 is 1. The summed E-state index contributed by atoms with van der Waals surface area (Å²) in [6.07, 6.45) is 0.697. The predicted octanol–water partition coefficient (Wildman–Crippen LogP) is -0.682. The van der Waals surface area contributed by atoms with Gasteiger partial charge in [0.1, 0.15) is 18.0 Å². The zero-order valence-corrected chi connectivity index (χ0v) is 29.4. The van der Waals surface area contributed by atoms with E-state index in [0.717, 1.165) is 55.2 Å². The molecule has 2 saturated heterocycles. The number of aromatic hydroxyl groups is 2. The van der Waals surface area contributed by atoms with Crippen molar-refractivity contribution in [1.82, 2.24) is 45.5 Å². The maximum absolute atomic E-state index is 14.4. The first-order chi connectivity index (χ1) is 24.9. The van der Waals surface area contributed by atoms with E-state index in [-0.39, 0.29) is 23.3 Å². The zero-order valence-electron chi connectivity index (χ0n) is 27.7. The number of quaternary nitrogens is 1. The molecule has 1 aromatic carbocycles. The zero-order chi connectivity index (χ0) is 37.2. The number of halogens is 1. The van der Waals surface area contributed by atoms with Crippen molar-refractivity contribution in [3.05, 3.63) is 40.7 Å². The molecule has 3 atom stereocenters. The predicted molar refractivity (Wildman–Crippen MR) is 181 cm³/mol. The average Bonchev–Trinajstić information content (AvgIpc) is 3.93. The number of nitrogen functional groups attached to an aromatic ring is 1. The molecule has 20 nitrogen and oxygen atoms in total. The van der Waals surface area contributed by atoms with Crippen LogP contribution in [0.25, 0.3) is 5.70 Å². The van der Waals surface area contributed by atoms with Crippen LogP contribution in [-0.2, 0) is 24.0 Å². The van der Waals surface area contributed by atoms with Crippen LogP contribution in [0.1, 0.15) is 41.8 Å². The molecule has 276 valence electrons. The van der Waals surface area contributed by atoms with Gasteiger partial charge in [-0.3, -0.25) is 19.3 Å². The number of hydrogen-bond donors (Lipinski definition) is 6. The van der Waals surface area contributed by atoms with Gasteiger partial charge < -0.3 is 40.6 Å². The molecule has 6 rings (SSSR count). The summed E-state index contributed by atoms with van der Waals surface area (Å²) < 4.78 is 23.6. The van der Waals surface area contributed by atoms with E-state index in [1.165, 1.54) is 30.7 Å². The molecular formula is C29H34FN12O8S2+. The molecule has 0 saturated carbocycles. The summed E-state index contributed by atoms with van der Waals surface area (Å²) in [6.45, 7) is 4.08. The van der Waals surface area contributed by atoms with E-state index in [0.29, 0.717) is 29.0 Å². The Morgan fingerprint density at radius 3 is 2.71 bits per heavy atom. The van der Waals surface area contributed by atoms with Crippen LogP contribution in [0.3, 0.4) is 0 Å². The number of amides is 3. The summed E-state index contributed by atoms with van der Waals surface area (Å²) in [5.41, 5.74) is 6.24. The largest absolute Gasteiger partial charge is 0.504 e. The van der Waals surface area contributed by atoms with Crippen LogP contribution in [0.4, 0.5) is 9.52 Å². The number of esters is 1. The van der Waals surface area contributed by atoms with Crippen molar-refractivity contribution in [2.45, 2.75) is 37.3 Å². The van der Waals surface area contributed by atoms with Gasteiger partial charge in [0.2, 0.25) is 23.5 Å². The lowest BCUT2D eigenvalue weighted by Crippen LogP contribution is -2.70. The number of rotatable bonds is 13. The van der Waals surface area contributed by atoms with E-state index in [2.05, 4.69) is 50.5 Å². The number of H-pyrrole nitrogens is 1. The Kier molecular flexibility index (Phi) is 10.5. The van der Waals surface area contributed by atoms with Gasteiger partial charge in [0.25, 0.3) is 17.7 Å². The molecule has 3 amide bonds. The van der Waals surface area contributed by atoms with Gasteiger partial charge in [-0.15, -0.1) is 22.0 Å². The molecule has 0 bridgehead atoms. The number of tetrazole rings is 1. The minimum atomic E-state index is -1.21. The lowest BCUT2D eigenvalue weighted by atomic mass is 10.0. The van der Waals surface area contributed by atoms with Crippen molar-refractivity contribution in [3.63, 3.8) is 0 Å². The molecule has 0 radical (unpaired) electrons. The molecule has 23 heteroatoms. The Morgan fingerprint density at radius 2 is 2.04 bits per heavy atom. The number of phenols is 2. The number of hydrogen-bond acceptors (Lipinski definition) is 17. The lowest BCUT2D eigenvalue weighted by Gasteiger charge is -2.50. The lowest BCUT2D eigenvalue weighted by molar-refractivity contribution is -0.911. The van der Waals surface area contributed by atoms with Crippen molar-refractivity contribution in [1.29, 1.82) is 0 Å². The number of ether oxygens (including phenoxy) is 1. The quantitative estimate of drug-likeness (QED) is 0.0314. The summed E-state index contributed by atoms with van der Waals surface area (Å²) in [7, 11) is 1.17. The van der Waals surface area contributed by atoms with E-state index < -0.39 is 69.8 Å². The van der Waals surface area contributed by atoms with Crippen molar-refractivity contribution >= 4 is 63.5 Å². The van der Waals surface area contributed by atoms with Crippen LogP contribution >= 0.6 is 23.3 Å². The number of aromatic amines is 1. The molecule has 7 N–H and O–H groups in total. The highest BCUT2D eigenvalue weighted by Gasteiger charge is 2.55. The van der Waals surface area contributed by atoms with Gasteiger partial charge in [-0.2, -0.15) is 14.6 Å². The highest BCUT2D eigenvalue weighted by molar-refractivity contribution is 8.00. The molecule has 2 aromatic heterocycles. The molecule has 3 aromatic rings. The first kappa shape index (κ1) is 36.4. The number of likely N-dealkylation sites (tertiary alicyclic amines) is 1. The van der Waals surface area contributed by atoms with E-state index in [4.69, 9.17) is 10.6 Å². The van der Waals surface area contributed by atoms with Crippen LogP contribution in [-0.4, -0.2) is 142 Å². The van der Waals surface area contributed by atoms with Gasteiger partial charge in [0, 0.05) is 35.7 Å². The van der Waals surface area contributed by atoms with E-state index in [1.54, 1.807) is 0 Å². The number of oxime groups is 1. The third kappa shape index (κ3) is 7.18. The number of fused-ring (bicyclic) bond motifs is 1. The molecule has 3 aliphatic heterocycles. The van der Waals surface area contributed by atoms with Gasteiger partial charge in [-0.1, -0.05) is 5.16 Å². The molecule has 1 unspecified atom stereocenters. The van der Waals surface area contributed by atoms with Gasteiger partial charge >= 0.3 is 5.97 Å². The standard InChI is InChI=1S/C29H33FN12O8S2/c1-13(28(48)49-2)50-37-18(22-34-29(31)52-38-22)25(46)33-19-26(47)41-20(23-35-39-40-36-23)14(12-51-27(19)41)11-42(8-3-4-9-42)10-7-32-24(45)15-5-6-16(43)21(44)17(15)30/h5-6,13,19,27H,3-4,7-12H2,1-2H3,(H6-,31,32,33,34,35,36,37,38,39,40,43,44,45,46)/p+1/t13?,19-,27-/m1/s1. The summed E-state index contributed by atoms with van der Waals surface area (Å²) in [5, 5.41) is 42.4. The Labute approximate surface area is 302 Å². The summed E-state index contributed by atoms with van der Waals surface area (Å²) >= 11 is 2.24. The van der Waals surface area contributed by atoms with Crippen LogP contribution in [0.15, 0.2) is 22.9 Å². The number of anilines is 1. The van der Waals surface area contributed by atoms with Gasteiger partial charge in [-0.05, 0) is 24.3 Å². The maximum Gasteiger partial charge on any atom is 0.349 e. The Morgan fingerprint density at radius 1 is 1.27 bits per heavy atom. The van der Waals surface area contributed by atoms with Crippen LogP contribution < -0.4 is 16.4 Å². The third-order valence-corrected chi connectivity index (χ3v) is 10.7. The number of nitrogens with two attached hydrogens (primary N) is 1. The molecule has 5 heterocycles. The monoisotopic (exact) mass is 761 g/mol. The second-order valence-corrected chi connectivity index (χ2v) is 14.0. The minimum absolute atomic E-state index is 0.0556. The summed E-state index contributed by atoms with van der Waals surface area (Å²) in [4.78, 5) is 62.6. The number of β-lactam (4-membered cyclic amide) rings is 1. The van der Waals surface area contributed by atoms with Crippen molar-refractivity contribution in [2.75, 3.05) is 51.3 Å². The third-order valence-electron chi connectivity index (χ3n) is 8.85. The Hall–Kier alpha value is -5.42. The molecule has 0 spiro atoms. The number of carbonyl (C=O) groups is 4. The minimum Gasteiger partial charge on any atom is -0.504 e. The van der Waals surface area contributed by atoms with Crippen molar-refractivity contribution in [3.8, 4) is 11.5 Å². The van der Waals surface area contributed by atoms with E-state index >= 15 is 0 Å². The second kappa shape index (κ2) is 15.1. The van der Waals surface area contributed by atoms with Gasteiger partial charge in [0.15, 0.2) is 22.4 Å². The first-order valence-electron chi connectivity index (χ1n) is 15.9. The van der Waals surface area contributed by atoms with Crippen LogP contribution in [0, 0.1) is 5.82 Å². The summed E-state index contributed by atoms with van der Waals surface area (Å²) in [6, 6.07) is 1.14. The number of phenolic OH excluding ortho intramolecular Hbond substituents is 2. The van der Waals surface area contributed by atoms with Crippen LogP contribution in [0.5, 0.6) is 11.5 Å². The average molecular weight is 762 g/mol. The first-order valence-corrected chi connectivity index (χ1v) is 17.7. The number of benzene rings is 1.